The van der Waals surface area contributed by atoms with Gasteiger partial charge in [-0.2, -0.15) is 0 Å². The number of hydrogen-bond donors (Lipinski definition) is 5. The van der Waals surface area contributed by atoms with E-state index in [4.69, 9.17) is 4.74 Å². The fourth-order valence-electron chi connectivity index (χ4n) is 4.20. The third-order valence-electron chi connectivity index (χ3n) is 6.32. The predicted molar refractivity (Wildman–Crippen MR) is 151 cm³/mol. The van der Waals surface area contributed by atoms with E-state index >= 15 is 0 Å². The van der Waals surface area contributed by atoms with E-state index < -0.39 is 41.1 Å². The van der Waals surface area contributed by atoms with E-state index in [0.717, 1.165) is 5.56 Å². The third-order valence-corrected chi connectivity index (χ3v) is 6.63. The van der Waals surface area contributed by atoms with Gasteiger partial charge in [0.25, 0.3) is 0 Å². The molecule has 0 fully saturated rings. The molecule has 222 valence electrons. The summed E-state index contributed by atoms with van der Waals surface area (Å²) >= 11 is 3.88. The maximum atomic E-state index is 13.5. The molecular weight excluding hydrogens is 550 g/mol. The molecule has 2 heterocycles. The molecule has 4 N–H and O–H groups in total. The van der Waals surface area contributed by atoms with E-state index in [1.54, 1.807) is 23.0 Å². The molecule has 4 amide bonds. The van der Waals surface area contributed by atoms with Crippen LogP contribution < -0.4 is 21.3 Å². The minimum atomic E-state index is -1.13. The van der Waals surface area contributed by atoms with Gasteiger partial charge in [-0.25, -0.2) is 4.79 Å². The zero-order valence-electron chi connectivity index (χ0n) is 23.2. The molecule has 41 heavy (non-hydrogen) atoms. The smallest absolute Gasteiger partial charge is 0.408 e. The number of nitrogens with zero attached hydrogens (tertiary/aromatic N) is 3. The van der Waals surface area contributed by atoms with E-state index in [1.165, 1.54) is 0 Å². The van der Waals surface area contributed by atoms with Crippen molar-refractivity contribution in [2.75, 3.05) is 6.54 Å². The number of alkyl carbamates (subject to hydrolysis) is 1. The van der Waals surface area contributed by atoms with E-state index in [9.17, 15) is 24.0 Å². The number of aryl methyl sites for hydroxylation is 1. The molecule has 2 bridgehead atoms. The number of benzene rings is 1. The number of nitrogens with one attached hydrogen (secondary N) is 4. The summed E-state index contributed by atoms with van der Waals surface area (Å²) in [4.78, 5) is 63.8. The predicted octanol–water partition coefficient (Wildman–Crippen LogP) is 0.888. The molecule has 1 aromatic heterocycles. The summed E-state index contributed by atoms with van der Waals surface area (Å²) in [5.74, 6) is -1.50. The Balaban J connectivity index is 1.82. The van der Waals surface area contributed by atoms with E-state index in [2.05, 4.69) is 44.2 Å². The van der Waals surface area contributed by atoms with Crippen molar-refractivity contribution >= 4 is 41.6 Å². The Bertz CT molecular complexity index is 1210. The van der Waals surface area contributed by atoms with Crippen LogP contribution in [0.25, 0.3) is 0 Å². The normalized spacial score (nSPS) is 21.1. The highest BCUT2D eigenvalue weighted by Gasteiger charge is 2.31. The lowest BCUT2D eigenvalue weighted by Crippen LogP contribution is -2.56. The lowest BCUT2D eigenvalue weighted by atomic mass is 10.0. The fourth-order valence-corrected chi connectivity index (χ4v) is 4.40. The molecule has 2 aromatic rings. The van der Waals surface area contributed by atoms with Crippen molar-refractivity contribution in [2.24, 2.45) is 5.92 Å². The molecule has 1 aromatic carbocycles. The average molecular weight is 588 g/mol. The minimum Gasteiger partial charge on any atom is -0.445 e. The van der Waals surface area contributed by atoms with Crippen LogP contribution in [0.3, 0.4) is 0 Å². The molecule has 0 spiro atoms. The second-order valence-corrected chi connectivity index (χ2v) is 10.7. The van der Waals surface area contributed by atoms with Gasteiger partial charge in [-0.15, -0.1) is 17.7 Å². The Morgan fingerprint density at radius 3 is 2.61 bits per heavy atom. The largest absolute Gasteiger partial charge is 0.445 e. The van der Waals surface area contributed by atoms with E-state index in [-0.39, 0.29) is 44.1 Å². The quantitative estimate of drug-likeness (QED) is 0.310. The minimum absolute atomic E-state index is 0.00184. The fraction of sp³-hybridized carbons (Fsp3) is 0.519. The Kier molecular flexibility index (Phi) is 12.1. The summed E-state index contributed by atoms with van der Waals surface area (Å²) in [6.07, 6.45) is 1.69. The van der Waals surface area contributed by atoms with Crippen molar-refractivity contribution < 1.29 is 28.7 Å². The van der Waals surface area contributed by atoms with Crippen LogP contribution in [0.4, 0.5) is 4.79 Å². The molecule has 0 aliphatic carbocycles. The molecule has 14 heteroatoms. The van der Waals surface area contributed by atoms with Crippen molar-refractivity contribution in [2.45, 2.75) is 77.2 Å². The van der Waals surface area contributed by atoms with Gasteiger partial charge in [0, 0.05) is 32.1 Å². The van der Waals surface area contributed by atoms with Crippen LogP contribution in [0.1, 0.15) is 50.8 Å². The third kappa shape index (κ3) is 10.9. The van der Waals surface area contributed by atoms with E-state index in [1.807, 2.05) is 32.0 Å². The van der Waals surface area contributed by atoms with Crippen LogP contribution in [0.5, 0.6) is 0 Å². The van der Waals surface area contributed by atoms with Crippen LogP contribution in [0.15, 0.2) is 36.5 Å². The SMILES string of the molecule is CC(C)C[C@@H]1NC(=O)[C@@H](NC(=O)OCc2ccccc2)Cc2cn(nn2)CCCNC(=O)CC[C@@H](C(=O)S)NC1=O. The molecular formula is C27H37N7O6S. The first-order valence-corrected chi connectivity index (χ1v) is 14.0. The maximum absolute atomic E-state index is 13.5. The molecule has 0 unspecified atom stereocenters. The zero-order valence-corrected chi connectivity index (χ0v) is 24.1. The first kappa shape index (κ1) is 31.6. The van der Waals surface area contributed by atoms with Crippen LogP contribution in [0, 0.1) is 5.92 Å². The van der Waals surface area contributed by atoms with Crippen molar-refractivity contribution in [1.82, 2.24) is 36.3 Å². The van der Waals surface area contributed by atoms with E-state index in [0.29, 0.717) is 25.2 Å². The van der Waals surface area contributed by atoms with Gasteiger partial charge in [0.15, 0.2) is 0 Å². The topological polar surface area (TPSA) is 173 Å². The molecule has 0 saturated heterocycles. The second kappa shape index (κ2) is 15.7. The number of carbonyl (C=O) groups excluding carboxylic acids is 5. The molecule has 0 radical (unpaired) electrons. The highest BCUT2D eigenvalue weighted by atomic mass is 32.1. The van der Waals surface area contributed by atoms with Gasteiger partial charge in [0.1, 0.15) is 18.7 Å². The number of fused-ring (bicyclic) bond motifs is 2. The number of ether oxygens (including phenoxy) is 1. The molecule has 0 saturated carbocycles. The first-order valence-electron chi connectivity index (χ1n) is 13.6. The van der Waals surface area contributed by atoms with Crippen LogP contribution in [-0.2, 0) is 43.5 Å². The van der Waals surface area contributed by atoms with Crippen molar-refractivity contribution in [3.05, 3.63) is 47.8 Å². The Hall–Kier alpha value is -3.94. The van der Waals surface area contributed by atoms with Gasteiger partial charge in [0.2, 0.25) is 22.8 Å². The van der Waals surface area contributed by atoms with Gasteiger partial charge >= 0.3 is 6.09 Å². The van der Waals surface area contributed by atoms with Gasteiger partial charge in [0.05, 0.1) is 11.7 Å². The summed E-state index contributed by atoms with van der Waals surface area (Å²) in [6, 6.07) is 5.91. The Labute approximate surface area is 243 Å². The summed E-state index contributed by atoms with van der Waals surface area (Å²) in [5, 5.41) is 18.3. The second-order valence-electron chi connectivity index (χ2n) is 10.3. The van der Waals surface area contributed by atoms with Gasteiger partial charge in [-0.05, 0) is 30.7 Å². The lowest BCUT2D eigenvalue weighted by Gasteiger charge is -2.25. The molecule has 1 aliphatic rings. The monoisotopic (exact) mass is 587 g/mol. The number of hydrogen-bond acceptors (Lipinski definition) is 8. The summed E-state index contributed by atoms with van der Waals surface area (Å²) in [5.41, 5.74) is 1.21. The van der Waals surface area contributed by atoms with Crippen molar-refractivity contribution in [3.8, 4) is 0 Å². The molecule has 1 aliphatic heterocycles. The Morgan fingerprint density at radius 2 is 1.90 bits per heavy atom. The number of carbonyl (C=O) groups is 5. The zero-order chi connectivity index (χ0) is 29.8. The number of thiol groups is 1. The summed E-state index contributed by atoms with van der Waals surface area (Å²) in [7, 11) is 0. The first-order chi connectivity index (χ1) is 19.6. The standard InChI is InChI=1S/C27H37N7O6S/c1-17(2)13-21-24(36)29-20(26(38)41)9-10-23(35)28-11-6-12-34-15-19(32-33-34)14-22(25(37)30-21)31-27(39)40-16-18-7-4-3-5-8-18/h3-5,7-8,15,17,20-22H,6,9-14,16H2,1-2H3,(H,28,35)(H,29,36)(H,30,37)(H,31,39)(H,38,41)/t20-,21-,22-/m0/s1. The van der Waals surface area contributed by atoms with Crippen molar-refractivity contribution in [1.29, 1.82) is 0 Å². The molecule has 3 atom stereocenters. The summed E-state index contributed by atoms with van der Waals surface area (Å²) in [6.45, 7) is 4.60. The van der Waals surface area contributed by atoms with Gasteiger partial charge in [-0.3, -0.25) is 23.9 Å². The highest BCUT2D eigenvalue weighted by Crippen LogP contribution is 2.10. The van der Waals surface area contributed by atoms with Crippen LogP contribution in [-0.4, -0.2) is 68.6 Å². The molecule has 3 rings (SSSR count). The summed E-state index contributed by atoms with van der Waals surface area (Å²) < 4.78 is 6.89. The number of rotatable bonds is 6. The van der Waals surface area contributed by atoms with Gasteiger partial charge in [-0.1, -0.05) is 49.4 Å². The average Bonchev–Trinajstić information content (AvgIpc) is 3.38. The molecule has 13 nitrogen and oxygen atoms in total. The number of aromatic nitrogens is 3. The van der Waals surface area contributed by atoms with Gasteiger partial charge < -0.3 is 26.0 Å². The lowest BCUT2D eigenvalue weighted by molar-refractivity contribution is -0.131. The van der Waals surface area contributed by atoms with Crippen molar-refractivity contribution in [3.63, 3.8) is 0 Å². The Morgan fingerprint density at radius 1 is 1.15 bits per heavy atom. The highest BCUT2D eigenvalue weighted by molar-refractivity contribution is 7.96. The number of amides is 4. The van der Waals surface area contributed by atoms with Crippen LogP contribution in [0.2, 0.25) is 0 Å². The van der Waals surface area contributed by atoms with Crippen LogP contribution >= 0.6 is 12.6 Å². The maximum Gasteiger partial charge on any atom is 0.408 e.